The number of nitrogens with zero attached hydrogens (tertiary/aromatic N) is 1. The van der Waals surface area contributed by atoms with Crippen LogP contribution in [0, 0.1) is 19.8 Å². The molecule has 39 heavy (non-hydrogen) atoms. The molecule has 2 N–H and O–H groups in total. The highest BCUT2D eigenvalue weighted by molar-refractivity contribution is 5.92. The summed E-state index contributed by atoms with van der Waals surface area (Å²) in [6.45, 7) is 18.6. The summed E-state index contributed by atoms with van der Waals surface area (Å²) < 4.78 is 5.51. The monoisotopic (exact) mass is 545 g/mol. The maximum Gasteiger partial charge on any atom is 0.408 e. The zero-order valence-electron chi connectivity index (χ0n) is 26.1. The number of nitrogens with one attached hydrogen (secondary N) is 2. The minimum atomic E-state index is -0.809. The second kappa shape index (κ2) is 17.2. The van der Waals surface area contributed by atoms with Crippen LogP contribution < -0.4 is 10.6 Å². The fourth-order valence-electron chi connectivity index (χ4n) is 4.58. The molecule has 0 saturated heterocycles. The van der Waals surface area contributed by atoms with Gasteiger partial charge in [-0.3, -0.25) is 9.59 Å². The third kappa shape index (κ3) is 11.6. The van der Waals surface area contributed by atoms with E-state index in [1.54, 1.807) is 25.7 Å². The number of alkyl carbamates (subject to hydrolysis) is 1. The highest BCUT2D eigenvalue weighted by Gasteiger charge is 2.38. The molecule has 0 heterocycles. The number of carbonyl (C=O) groups is 3. The van der Waals surface area contributed by atoms with E-state index in [0.29, 0.717) is 19.5 Å². The van der Waals surface area contributed by atoms with E-state index >= 15 is 0 Å². The Morgan fingerprint density at radius 1 is 0.949 bits per heavy atom. The first-order valence-electron chi connectivity index (χ1n) is 15.0. The summed E-state index contributed by atoms with van der Waals surface area (Å²) in [6, 6.07) is 4.32. The SMILES string of the molecule is CCCCCCN(C(=O)C(NC(=O)OC(C)(C)C)C(C)CC)C(C(=O)NCCCCC)c1cccc(C)c1C. The maximum absolute atomic E-state index is 14.4. The molecule has 0 saturated carbocycles. The van der Waals surface area contributed by atoms with Gasteiger partial charge in [-0.2, -0.15) is 0 Å². The number of carbonyl (C=O) groups excluding carboxylic acids is 3. The smallest absolute Gasteiger partial charge is 0.408 e. The molecule has 7 heteroatoms. The van der Waals surface area contributed by atoms with Gasteiger partial charge >= 0.3 is 6.09 Å². The van der Waals surface area contributed by atoms with Crippen LogP contribution in [0.1, 0.15) is 123 Å². The average molecular weight is 546 g/mol. The summed E-state index contributed by atoms with van der Waals surface area (Å²) >= 11 is 0. The Labute approximate surface area is 237 Å². The van der Waals surface area contributed by atoms with Crippen LogP contribution in [0.25, 0.3) is 0 Å². The minimum absolute atomic E-state index is 0.143. The van der Waals surface area contributed by atoms with Crippen molar-refractivity contribution in [3.63, 3.8) is 0 Å². The van der Waals surface area contributed by atoms with E-state index in [1.807, 2.05) is 45.9 Å². The van der Waals surface area contributed by atoms with E-state index < -0.39 is 23.8 Å². The molecule has 1 rings (SSSR count). The number of benzene rings is 1. The average Bonchev–Trinajstić information content (AvgIpc) is 2.87. The Morgan fingerprint density at radius 3 is 2.18 bits per heavy atom. The zero-order valence-corrected chi connectivity index (χ0v) is 26.1. The Balaban J connectivity index is 3.54. The second-order valence-electron chi connectivity index (χ2n) is 11.8. The quantitative estimate of drug-likeness (QED) is 0.219. The van der Waals surface area contributed by atoms with E-state index in [0.717, 1.165) is 61.6 Å². The topological polar surface area (TPSA) is 87.7 Å². The van der Waals surface area contributed by atoms with Crippen LogP contribution in [0.15, 0.2) is 18.2 Å². The molecule has 0 fully saturated rings. The Bertz CT molecular complexity index is 909. The molecule has 0 aliphatic carbocycles. The molecule has 3 amide bonds. The van der Waals surface area contributed by atoms with Gasteiger partial charge in [0.25, 0.3) is 0 Å². The van der Waals surface area contributed by atoms with Crippen molar-refractivity contribution >= 4 is 17.9 Å². The molecule has 0 bridgehead atoms. The lowest BCUT2D eigenvalue weighted by molar-refractivity contribution is -0.143. The summed E-state index contributed by atoms with van der Waals surface area (Å²) in [6.07, 6.45) is 6.92. The van der Waals surface area contributed by atoms with Crippen LogP contribution in [0.5, 0.6) is 0 Å². The first-order chi connectivity index (χ1) is 18.4. The predicted octanol–water partition coefficient (Wildman–Crippen LogP) is 7.00. The summed E-state index contributed by atoms with van der Waals surface area (Å²) in [4.78, 5) is 42.8. The highest BCUT2D eigenvalue weighted by Crippen LogP contribution is 2.29. The molecule has 0 radical (unpaired) electrons. The zero-order chi connectivity index (χ0) is 29.6. The number of hydrogen-bond acceptors (Lipinski definition) is 4. The standard InChI is InChI=1S/C32H55N3O4/c1-10-13-15-17-22-35(30(37)27(23(4)12-3)34-31(38)39-32(7,8)9)28(29(36)33-21-16-14-11-2)26-20-18-19-24(5)25(26)6/h18-20,23,27-28H,10-17,21-22H2,1-9H3,(H,33,36)(H,34,38). The van der Waals surface area contributed by atoms with Gasteiger partial charge in [0.1, 0.15) is 17.7 Å². The summed E-state index contributed by atoms with van der Waals surface area (Å²) in [5.41, 5.74) is 2.21. The Kier molecular flexibility index (Phi) is 15.2. The van der Waals surface area contributed by atoms with E-state index in [4.69, 9.17) is 4.74 Å². The second-order valence-corrected chi connectivity index (χ2v) is 11.8. The van der Waals surface area contributed by atoms with Crippen molar-refractivity contribution in [2.24, 2.45) is 5.92 Å². The molecule has 0 aromatic heterocycles. The van der Waals surface area contributed by atoms with E-state index in [2.05, 4.69) is 24.5 Å². The predicted molar refractivity (Wildman–Crippen MR) is 160 cm³/mol. The molecule has 1 aromatic carbocycles. The highest BCUT2D eigenvalue weighted by atomic mass is 16.6. The lowest BCUT2D eigenvalue weighted by Crippen LogP contribution is -2.55. The van der Waals surface area contributed by atoms with Crippen molar-refractivity contribution < 1.29 is 19.1 Å². The van der Waals surface area contributed by atoms with Gasteiger partial charge in [0.2, 0.25) is 11.8 Å². The van der Waals surface area contributed by atoms with Crippen LogP contribution >= 0.6 is 0 Å². The Hall–Kier alpha value is -2.57. The third-order valence-electron chi connectivity index (χ3n) is 7.27. The normalized spacial score (nSPS) is 13.8. The van der Waals surface area contributed by atoms with Gasteiger partial charge in [0, 0.05) is 13.1 Å². The van der Waals surface area contributed by atoms with E-state index in [1.165, 1.54) is 0 Å². The first kappa shape index (κ1) is 34.5. The summed E-state index contributed by atoms with van der Waals surface area (Å²) in [5, 5.41) is 5.96. The van der Waals surface area contributed by atoms with Crippen molar-refractivity contribution in [2.45, 2.75) is 131 Å². The van der Waals surface area contributed by atoms with Gasteiger partial charge in [-0.05, 0) is 70.1 Å². The molecule has 7 nitrogen and oxygen atoms in total. The van der Waals surface area contributed by atoms with Gasteiger partial charge < -0.3 is 20.3 Å². The Morgan fingerprint density at radius 2 is 1.59 bits per heavy atom. The number of ether oxygens (including phenoxy) is 1. The molecule has 0 aliphatic rings. The summed E-state index contributed by atoms with van der Waals surface area (Å²) in [5.74, 6) is -0.569. The van der Waals surface area contributed by atoms with Crippen molar-refractivity contribution in [1.82, 2.24) is 15.5 Å². The molecule has 0 aliphatic heterocycles. The maximum atomic E-state index is 14.4. The molecule has 3 atom stereocenters. The van der Waals surface area contributed by atoms with Gasteiger partial charge in [-0.1, -0.05) is 84.4 Å². The van der Waals surface area contributed by atoms with Crippen LogP contribution in [0.2, 0.25) is 0 Å². The largest absolute Gasteiger partial charge is 0.444 e. The molecule has 1 aromatic rings. The number of amides is 3. The molecular formula is C32H55N3O4. The van der Waals surface area contributed by atoms with Crippen molar-refractivity contribution in [1.29, 1.82) is 0 Å². The third-order valence-corrected chi connectivity index (χ3v) is 7.27. The molecule has 3 unspecified atom stereocenters. The lowest BCUT2D eigenvalue weighted by Gasteiger charge is -2.37. The fraction of sp³-hybridized carbons (Fsp3) is 0.719. The van der Waals surface area contributed by atoms with Crippen LogP contribution in [0.3, 0.4) is 0 Å². The van der Waals surface area contributed by atoms with Crippen molar-refractivity contribution in [3.05, 3.63) is 34.9 Å². The summed E-state index contributed by atoms with van der Waals surface area (Å²) in [7, 11) is 0. The number of rotatable bonds is 16. The molecule has 0 spiro atoms. The van der Waals surface area contributed by atoms with Crippen LogP contribution in [-0.2, 0) is 14.3 Å². The van der Waals surface area contributed by atoms with Gasteiger partial charge in [-0.25, -0.2) is 4.79 Å². The van der Waals surface area contributed by atoms with Crippen molar-refractivity contribution in [3.8, 4) is 0 Å². The van der Waals surface area contributed by atoms with Gasteiger partial charge in [-0.15, -0.1) is 0 Å². The van der Waals surface area contributed by atoms with Gasteiger partial charge in [0.15, 0.2) is 0 Å². The minimum Gasteiger partial charge on any atom is -0.444 e. The van der Waals surface area contributed by atoms with Crippen molar-refractivity contribution in [2.75, 3.05) is 13.1 Å². The van der Waals surface area contributed by atoms with E-state index in [9.17, 15) is 14.4 Å². The number of aryl methyl sites for hydroxylation is 1. The van der Waals surface area contributed by atoms with Gasteiger partial charge in [0.05, 0.1) is 0 Å². The number of unbranched alkanes of at least 4 members (excludes halogenated alkanes) is 5. The lowest BCUT2D eigenvalue weighted by atomic mass is 9.92. The van der Waals surface area contributed by atoms with Crippen LogP contribution in [-0.4, -0.2) is 47.5 Å². The van der Waals surface area contributed by atoms with E-state index in [-0.39, 0.29) is 17.7 Å². The molecule has 222 valence electrons. The molecular weight excluding hydrogens is 490 g/mol. The number of hydrogen-bond donors (Lipinski definition) is 2. The first-order valence-corrected chi connectivity index (χ1v) is 15.0. The van der Waals surface area contributed by atoms with Crippen LogP contribution in [0.4, 0.5) is 4.79 Å². The fourth-order valence-corrected chi connectivity index (χ4v) is 4.58.